The number of carbonyl (C=O) groups excluding carboxylic acids is 3. The largest absolute Gasteiger partial charge is 0.494 e. The fourth-order valence-corrected chi connectivity index (χ4v) is 2.25. The van der Waals surface area contributed by atoms with E-state index in [1.807, 2.05) is 6.92 Å². The summed E-state index contributed by atoms with van der Waals surface area (Å²) in [5.41, 5.74) is 0.470. The summed E-state index contributed by atoms with van der Waals surface area (Å²) in [5.74, 6) is -3.18. The SMILES string of the molecule is CCOc1ccc(C(=O)CCC(=O)OCC(=O)Nc2ccc(F)c(F)c2)cc1. The molecule has 6 nitrogen and oxygen atoms in total. The van der Waals surface area contributed by atoms with Gasteiger partial charge >= 0.3 is 5.97 Å². The molecule has 0 heterocycles. The van der Waals surface area contributed by atoms with Crippen molar-refractivity contribution < 1.29 is 32.6 Å². The summed E-state index contributed by atoms with van der Waals surface area (Å²) in [6, 6.07) is 9.39. The van der Waals surface area contributed by atoms with Gasteiger partial charge in [-0.05, 0) is 43.3 Å². The van der Waals surface area contributed by atoms with E-state index < -0.39 is 30.1 Å². The lowest BCUT2D eigenvalue weighted by Crippen LogP contribution is -2.21. The topological polar surface area (TPSA) is 81.7 Å². The van der Waals surface area contributed by atoms with Gasteiger partial charge in [0.2, 0.25) is 0 Å². The summed E-state index contributed by atoms with van der Waals surface area (Å²) < 4.78 is 36.0. The van der Waals surface area contributed by atoms with Crippen molar-refractivity contribution in [2.75, 3.05) is 18.5 Å². The van der Waals surface area contributed by atoms with Crippen molar-refractivity contribution in [2.24, 2.45) is 0 Å². The maximum atomic E-state index is 13.1. The molecule has 2 rings (SSSR count). The number of ether oxygens (including phenoxy) is 2. The van der Waals surface area contributed by atoms with Gasteiger partial charge in [0.05, 0.1) is 13.0 Å². The highest BCUT2D eigenvalue weighted by molar-refractivity contribution is 5.98. The van der Waals surface area contributed by atoms with E-state index in [2.05, 4.69) is 5.32 Å². The lowest BCUT2D eigenvalue weighted by molar-refractivity contribution is -0.147. The number of carbonyl (C=O) groups is 3. The van der Waals surface area contributed by atoms with Gasteiger partial charge in [-0.1, -0.05) is 0 Å². The molecule has 2 aromatic carbocycles. The summed E-state index contributed by atoms with van der Waals surface area (Å²) in [6.07, 6.45) is -0.262. The number of ketones is 1. The Labute approximate surface area is 160 Å². The molecule has 0 unspecified atom stereocenters. The first-order valence-electron chi connectivity index (χ1n) is 8.55. The predicted octanol–water partition coefficient (Wildman–Crippen LogP) is 3.51. The summed E-state index contributed by atoms with van der Waals surface area (Å²) in [4.78, 5) is 35.4. The first kappa shape index (κ1) is 21.0. The van der Waals surface area contributed by atoms with Crippen LogP contribution in [0.3, 0.4) is 0 Å². The van der Waals surface area contributed by atoms with Crippen molar-refractivity contribution in [3.63, 3.8) is 0 Å². The number of halogens is 2. The molecule has 28 heavy (non-hydrogen) atoms. The third-order valence-electron chi connectivity index (χ3n) is 3.61. The van der Waals surface area contributed by atoms with E-state index >= 15 is 0 Å². The fraction of sp³-hybridized carbons (Fsp3) is 0.250. The first-order valence-corrected chi connectivity index (χ1v) is 8.55. The average molecular weight is 391 g/mol. The number of hydrogen-bond donors (Lipinski definition) is 1. The van der Waals surface area contributed by atoms with Gasteiger partial charge in [0.1, 0.15) is 5.75 Å². The van der Waals surface area contributed by atoms with Gasteiger partial charge in [-0.3, -0.25) is 14.4 Å². The monoisotopic (exact) mass is 391 g/mol. The van der Waals surface area contributed by atoms with E-state index in [1.54, 1.807) is 24.3 Å². The van der Waals surface area contributed by atoms with Crippen LogP contribution in [0.2, 0.25) is 0 Å². The van der Waals surface area contributed by atoms with Crippen LogP contribution >= 0.6 is 0 Å². The summed E-state index contributed by atoms with van der Waals surface area (Å²) in [6.45, 7) is 1.76. The molecule has 0 aliphatic rings. The predicted molar refractivity (Wildman–Crippen MR) is 97.1 cm³/mol. The number of nitrogens with one attached hydrogen (secondary N) is 1. The van der Waals surface area contributed by atoms with Gasteiger partial charge in [0.15, 0.2) is 24.0 Å². The standard InChI is InChI=1S/C20H19F2NO5/c1-2-27-15-6-3-13(4-7-15)18(24)9-10-20(26)28-12-19(25)23-14-5-8-16(21)17(22)11-14/h3-8,11H,2,9-10,12H2,1H3,(H,23,25). The molecule has 0 aliphatic heterocycles. The Morgan fingerprint density at radius 3 is 2.32 bits per heavy atom. The van der Waals surface area contributed by atoms with Crippen molar-refractivity contribution in [1.82, 2.24) is 0 Å². The van der Waals surface area contributed by atoms with Gasteiger partial charge in [-0.15, -0.1) is 0 Å². The second-order valence-electron chi connectivity index (χ2n) is 5.72. The number of amides is 1. The maximum absolute atomic E-state index is 13.1. The van der Waals surface area contributed by atoms with Gasteiger partial charge < -0.3 is 14.8 Å². The van der Waals surface area contributed by atoms with Crippen LogP contribution in [0.4, 0.5) is 14.5 Å². The molecule has 0 aromatic heterocycles. The highest BCUT2D eigenvalue weighted by atomic mass is 19.2. The third-order valence-corrected chi connectivity index (χ3v) is 3.61. The molecule has 0 spiro atoms. The van der Waals surface area contributed by atoms with Gasteiger partial charge in [0, 0.05) is 23.7 Å². The van der Waals surface area contributed by atoms with Crippen molar-refractivity contribution in [3.8, 4) is 5.75 Å². The number of rotatable bonds is 9. The van der Waals surface area contributed by atoms with E-state index in [4.69, 9.17) is 9.47 Å². The van der Waals surface area contributed by atoms with Crippen LogP contribution in [0.15, 0.2) is 42.5 Å². The number of Topliss-reactive ketones (excluding diaryl/α,β-unsaturated/α-hetero) is 1. The normalized spacial score (nSPS) is 10.2. The zero-order chi connectivity index (χ0) is 20.5. The van der Waals surface area contributed by atoms with Gasteiger partial charge in [-0.25, -0.2) is 8.78 Å². The van der Waals surface area contributed by atoms with Crippen molar-refractivity contribution >= 4 is 23.3 Å². The highest BCUT2D eigenvalue weighted by Gasteiger charge is 2.13. The van der Waals surface area contributed by atoms with Gasteiger partial charge in [0.25, 0.3) is 5.91 Å². The maximum Gasteiger partial charge on any atom is 0.306 e. The van der Waals surface area contributed by atoms with Crippen LogP contribution in [0, 0.1) is 11.6 Å². The van der Waals surface area contributed by atoms with Crippen LogP contribution in [0.1, 0.15) is 30.1 Å². The Bertz CT molecular complexity index is 852. The lowest BCUT2D eigenvalue weighted by atomic mass is 10.1. The molecule has 0 aliphatic carbocycles. The molecule has 148 valence electrons. The van der Waals surface area contributed by atoms with Crippen LogP contribution in [-0.2, 0) is 14.3 Å². The summed E-state index contributed by atoms with van der Waals surface area (Å²) in [7, 11) is 0. The molecule has 1 N–H and O–H groups in total. The van der Waals surface area contributed by atoms with Crippen LogP contribution < -0.4 is 10.1 Å². The molecule has 0 fully saturated rings. The van der Waals surface area contributed by atoms with Crippen molar-refractivity contribution in [1.29, 1.82) is 0 Å². The Balaban J connectivity index is 1.73. The Morgan fingerprint density at radius 1 is 0.964 bits per heavy atom. The van der Waals surface area contributed by atoms with E-state index in [-0.39, 0.29) is 24.3 Å². The van der Waals surface area contributed by atoms with Crippen LogP contribution in [-0.4, -0.2) is 30.9 Å². The van der Waals surface area contributed by atoms with E-state index in [0.29, 0.717) is 17.9 Å². The zero-order valence-corrected chi connectivity index (χ0v) is 15.2. The quantitative estimate of drug-likeness (QED) is 0.523. The minimum absolute atomic E-state index is 0.0330. The molecule has 0 atom stereocenters. The molecule has 8 heteroatoms. The van der Waals surface area contributed by atoms with E-state index in [0.717, 1.165) is 12.1 Å². The minimum atomic E-state index is -1.11. The molecule has 0 radical (unpaired) electrons. The molecule has 0 saturated heterocycles. The van der Waals surface area contributed by atoms with E-state index in [1.165, 1.54) is 6.07 Å². The smallest absolute Gasteiger partial charge is 0.306 e. The zero-order valence-electron chi connectivity index (χ0n) is 15.2. The van der Waals surface area contributed by atoms with E-state index in [9.17, 15) is 23.2 Å². The Hall–Kier alpha value is -3.29. The number of esters is 1. The second-order valence-corrected chi connectivity index (χ2v) is 5.72. The number of hydrogen-bond acceptors (Lipinski definition) is 5. The lowest BCUT2D eigenvalue weighted by Gasteiger charge is -2.07. The molecule has 0 bridgehead atoms. The van der Waals surface area contributed by atoms with Gasteiger partial charge in [-0.2, -0.15) is 0 Å². The fourth-order valence-electron chi connectivity index (χ4n) is 2.25. The molecular weight excluding hydrogens is 372 g/mol. The van der Waals surface area contributed by atoms with Crippen molar-refractivity contribution in [2.45, 2.75) is 19.8 Å². The molecule has 0 saturated carbocycles. The number of benzene rings is 2. The molecule has 2 aromatic rings. The minimum Gasteiger partial charge on any atom is -0.494 e. The Kier molecular flexibility index (Phi) is 7.62. The van der Waals surface area contributed by atoms with Crippen LogP contribution in [0.5, 0.6) is 5.75 Å². The Morgan fingerprint density at radius 2 is 1.68 bits per heavy atom. The summed E-state index contributed by atoms with van der Waals surface area (Å²) >= 11 is 0. The summed E-state index contributed by atoms with van der Waals surface area (Å²) in [5, 5.41) is 2.27. The van der Waals surface area contributed by atoms with Crippen molar-refractivity contribution in [3.05, 3.63) is 59.7 Å². The van der Waals surface area contributed by atoms with Crippen LogP contribution in [0.25, 0.3) is 0 Å². The molecular formula is C20H19F2NO5. The number of anilines is 1. The highest BCUT2D eigenvalue weighted by Crippen LogP contribution is 2.15. The second kappa shape index (κ2) is 10.1. The first-order chi connectivity index (χ1) is 13.4. The average Bonchev–Trinajstić information content (AvgIpc) is 2.68. The third kappa shape index (κ3) is 6.46. The molecule has 1 amide bonds.